The van der Waals surface area contributed by atoms with Gasteiger partial charge in [-0.15, -0.1) is 0 Å². The predicted octanol–water partition coefficient (Wildman–Crippen LogP) is 1.41. The van der Waals surface area contributed by atoms with Crippen molar-refractivity contribution in [2.75, 3.05) is 0 Å². The molecule has 5 nitrogen and oxygen atoms in total. The van der Waals surface area contributed by atoms with Gasteiger partial charge < -0.3 is 5.11 Å². The van der Waals surface area contributed by atoms with Crippen molar-refractivity contribution in [3.05, 3.63) is 0 Å². The zero-order chi connectivity index (χ0) is 13.8. The molecule has 1 saturated heterocycles. The van der Waals surface area contributed by atoms with E-state index in [1.165, 1.54) is 0 Å². The Morgan fingerprint density at radius 2 is 1.79 bits per heavy atom. The highest BCUT2D eigenvalue weighted by atomic mass is 16.4. The van der Waals surface area contributed by atoms with Gasteiger partial charge in [0.2, 0.25) is 11.8 Å². The molecule has 1 aliphatic heterocycles. The van der Waals surface area contributed by atoms with Crippen molar-refractivity contribution in [1.29, 1.82) is 0 Å². The van der Waals surface area contributed by atoms with E-state index in [1.54, 1.807) is 0 Å². The molecule has 1 N–H and O–H groups in total. The number of amides is 2. The van der Waals surface area contributed by atoms with E-state index in [4.69, 9.17) is 0 Å². The number of piperidine rings is 1. The van der Waals surface area contributed by atoms with Crippen LogP contribution in [0.3, 0.4) is 0 Å². The first kappa shape index (κ1) is 12.6. The van der Waals surface area contributed by atoms with Gasteiger partial charge in [-0.25, -0.2) is 4.79 Å². The van der Waals surface area contributed by atoms with Crippen molar-refractivity contribution >= 4 is 17.8 Å². The molecule has 0 spiro atoms. The molecule has 3 aliphatic rings. The Balaban J connectivity index is 1.88. The smallest absolute Gasteiger partial charge is 0.330 e. The third kappa shape index (κ3) is 1.63. The van der Waals surface area contributed by atoms with Gasteiger partial charge in [0.15, 0.2) is 0 Å². The van der Waals surface area contributed by atoms with E-state index in [1.807, 2.05) is 0 Å². The minimum absolute atomic E-state index is 0.215. The fourth-order valence-corrected chi connectivity index (χ4v) is 3.70. The number of carbonyl (C=O) groups is 3. The first-order valence-corrected chi connectivity index (χ1v) is 7.12. The van der Waals surface area contributed by atoms with E-state index < -0.39 is 11.5 Å². The molecule has 0 aromatic heterocycles. The number of likely N-dealkylation sites (tertiary alicyclic amines) is 1. The predicted molar refractivity (Wildman–Crippen MR) is 66.1 cm³/mol. The molecule has 2 saturated carbocycles. The fraction of sp³-hybridized carbons (Fsp3) is 0.786. The van der Waals surface area contributed by atoms with E-state index in [2.05, 4.69) is 6.92 Å². The second-order valence-electron chi connectivity index (χ2n) is 6.15. The third-order valence-electron chi connectivity index (χ3n) is 5.20. The Morgan fingerprint density at radius 3 is 2.21 bits per heavy atom. The first-order chi connectivity index (χ1) is 9.01. The van der Waals surface area contributed by atoms with Crippen LogP contribution in [-0.2, 0) is 14.4 Å². The minimum Gasteiger partial charge on any atom is -0.479 e. The number of fused-ring (bicyclic) bond motifs is 1. The molecule has 0 bridgehead atoms. The lowest BCUT2D eigenvalue weighted by Gasteiger charge is -2.42. The average Bonchev–Trinajstić information content (AvgIpc) is 3.15. The highest BCUT2D eigenvalue weighted by molar-refractivity contribution is 6.12. The quantitative estimate of drug-likeness (QED) is 0.783. The highest BCUT2D eigenvalue weighted by Crippen LogP contribution is 2.52. The Kier molecular flexibility index (Phi) is 2.69. The van der Waals surface area contributed by atoms with Crippen molar-refractivity contribution in [3.63, 3.8) is 0 Å². The van der Waals surface area contributed by atoms with Crippen LogP contribution in [0.15, 0.2) is 0 Å². The molecule has 2 unspecified atom stereocenters. The van der Waals surface area contributed by atoms with Crippen molar-refractivity contribution < 1.29 is 19.5 Å². The van der Waals surface area contributed by atoms with E-state index >= 15 is 0 Å². The van der Waals surface area contributed by atoms with Gasteiger partial charge in [-0.05, 0) is 38.0 Å². The van der Waals surface area contributed by atoms with Crippen LogP contribution in [0.25, 0.3) is 0 Å². The Hall–Kier alpha value is -1.39. The summed E-state index contributed by atoms with van der Waals surface area (Å²) in [6, 6.07) is 0. The number of rotatable bonds is 3. The number of hydrogen-bond donors (Lipinski definition) is 1. The van der Waals surface area contributed by atoms with E-state index in [9.17, 15) is 19.5 Å². The average molecular weight is 265 g/mol. The van der Waals surface area contributed by atoms with Crippen LogP contribution in [0.1, 0.15) is 45.4 Å². The standard InChI is InChI=1S/C14H19NO4/c1-2-8-3-5-14(6-4-8,13(18)19)15-11(16)9-7-10(9)12(15)17/h8-10H,2-7H2,1H3,(H,18,19). The molecular weight excluding hydrogens is 246 g/mol. The highest BCUT2D eigenvalue weighted by Gasteiger charge is 2.65. The van der Waals surface area contributed by atoms with Gasteiger partial charge in [-0.3, -0.25) is 14.5 Å². The Labute approximate surface area is 112 Å². The molecule has 3 fully saturated rings. The van der Waals surface area contributed by atoms with Gasteiger partial charge in [-0.1, -0.05) is 13.3 Å². The molecule has 0 aromatic carbocycles. The molecule has 0 radical (unpaired) electrons. The summed E-state index contributed by atoms with van der Waals surface area (Å²) in [4.78, 5) is 37.2. The minimum atomic E-state index is -1.26. The van der Waals surface area contributed by atoms with Crippen LogP contribution >= 0.6 is 0 Å². The van der Waals surface area contributed by atoms with Crippen LogP contribution < -0.4 is 0 Å². The summed E-state index contributed by atoms with van der Waals surface area (Å²) in [6.07, 6.45) is 4.06. The normalized spacial score (nSPS) is 41.3. The van der Waals surface area contributed by atoms with Gasteiger partial charge in [0.1, 0.15) is 5.54 Å². The lowest BCUT2D eigenvalue weighted by molar-refractivity contribution is -0.167. The second-order valence-corrected chi connectivity index (χ2v) is 6.15. The maximum atomic E-state index is 12.2. The number of carboxylic acid groups (broad SMARTS) is 1. The Morgan fingerprint density at radius 1 is 1.26 bits per heavy atom. The molecule has 104 valence electrons. The molecular formula is C14H19NO4. The number of carbonyl (C=O) groups excluding carboxylic acids is 2. The first-order valence-electron chi connectivity index (χ1n) is 7.12. The monoisotopic (exact) mass is 265 g/mol. The van der Waals surface area contributed by atoms with Crippen LogP contribution in [-0.4, -0.2) is 33.3 Å². The summed E-state index contributed by atoms with van der Waals surface area (Å²) in [7, 11) is 0. The van der Waals surface area contributed by atoms with E-state index in [0.717, 1.165) is 24.2 Å². The van der Waals surface area contributed by atoms with Gasteiger partial charge in [0, 0.05) is 0 Å². The second kappa shape index (κ2) is 4.05. The summed E-state index contributed by atoms with van der Waals surface area (Å²) in [5, 5.41) is 9.60. The molecule has 2 aliphatic carbocycles. The molecule has 3 rings (SSSR count). The van der Waals surface area contributed by atoms with Gasteiger partial charge in [0.05, 0.1) is 11.8 Å². The van der Waals surface area contributed by atoms with Crippen molar-refractivity contribution in [3.8, 4) is 0 Å². The fourth-order valence-electron chi connectivity index (χ4n) is 3.70. The lowest BCUT2D eigenvalue weighted by Crippen LogP contribution is -2.59. The summed E-state index contributed by atoms with van der Waals surface area (Å²) < 4.78 is 0. The SMILES string of the molecule is CCC1CCC(C(=O)O)(N2C(=O)C3CC3C2=O)CC1. The molecule has 1 heterocycles. The van der Waals surface area contributed by atoms with Crippen molar-refractivity contribution in [2.45, 2.75) is 51.0 Å². The zero-order valence-corrected chi connectivity index (χ0v) is 11.1. The number of aliphatic carboxylic acids is 1. The maximum absolute atomic E-state index is 12.2. The lowest BCUT2D eigenvalue weighted by atomic mass is 9.74. The van der Waals surface area contributed by atoms with Crippen LogP contribution in [0.2, 0.25) is 0 Å². The van der Waals surface area contributed by atoms with Gasteiger partial charge in [-0.2, -0.15) is 0 Å². The van der Waals surface area contributed by atoms with Crippen LogP contribution in [0.5, 0.6) is 0 Å². The summed E-state index contributed by atoms with van der Waals surface area (Å²) in [5.74, 6) is -1.40. The maximum Gasteiger partial charge on any atom is 0.330 e. The molecule has 2 amide bonds. The largest absolute Gasteiger partial charge is 0.479 e. The summed E-state index contributed by atoms with van der Waals surface area (Å²) >= 11 is 0. The van der Waals surface area contributed by atoms with Crippen molar-refractivity contribution in [1.82, 2.24) is 4.90 Å². The number of hydrogen-bond acceptors (Lipinski definition) is 3. The number of carboxylic acids is 1. The number of nitrogens with zero attached hydrogens (tertiary/aromatic N) is 1. The molecule has 5 heteroatoms. The van der Waals surface area contributed by atoms with Gasteiger partial charge >= 0.3 is 5.97 Å². The van der Waals surface area contributed by atoms with E-state index in [0.29, 0.717) is 25.2 Å². The molecule has 2 atom stereocenters. The topological polar surface area (TPSA) is 74.7 Å². The zero-order valence-electron chi connectivity index (χ0n) is 11.1. The van der Waals surface area contributed by atoms with Crippen LogP contribution in [0.4, 0.5) is 0 Å². The molecule has 0 aromatic rings. The summed E-state index contributed by atoms with van der Waals surface area (Å²) in [6.45, 7) is 2.10. The van der Waals surface area contributed by atoms with E-state index in [-0.39, 0.29) is 23.7 Å². The Bertz CT molecular complexity index is 430. The van der Waals surface area contributed by atoms with Crippen LogP contribution in [0, 0.1) is 17.8 Å². The summed E-state index contributed by atoms with van der Waals surface area (Å²) in [5.41, 5.74) is -1.26. The molecule has 19 heavy (non-hydrogen) atoms. The third-order valence-corrected chi connectivity index (χ3v) is 5.20. The van der Waals surface area contributed by atoms with Crippen molar-refractivity contribution in [2.24, 2.45) is 17.8 Å². The van der Waals surface area contributed by atoms with Gasteiger partial charge in [0.25, 0.3) is 0 Å². The number of imide groups is 1.